The fourth-order valence-corrected chi connectivity index (χ4v) is 2.09. The Labute approximate surface area is 124 Å². The maximum absolute atomic E-state index is 11.4. The van der Waals surface area contributed by atoms with E-state index in [1.165, 1.54) is 13.0 Å². The van der Waals surface area contributed by atoms with Crippen molar-refractivity contribution in [3.05, 3.63) is 33.9 Å². The van der Waals surface area contributed by atoms with Gasteiger partial charge in [0.2, 0.25) is 0 Å². The molecule has 1 rings (SSSR count). The van der Waals surface area contributed by atoms with Crippen LogP contribution in [0.2, 0.25) is 0 Å². The van der Waals surface area contributed by atoms with Crippen LogP contribution in [-0.4, -0.2) is 23.8 Å². The number of anilines is 1. The summed E-state index contributed by atoms with van der Waals surface area (Å²) < 4.78 is 0. The maximum atomic E-state index is 11.4. The van der Waals surface area contributed by atoms with E-state index in [1.807, 2.05) is 18.7 Å². The average molecular weight is 289 g/mol. The number of nitrogens with zero attached hydrogens (tertiary/aromatic N) is 3. The van der Waals surface area contributed by atoms with Gasteiger partial charge in [-0.25, -0.2) is 0 Å². The second kappa shape index (κ2) is 7.39. The van der Waals surface area contributed by atoms with Gasteiger partial charge in [0.05, 0.1) is 17.4 Å². The van der Waals surface area contributed by atoms with Crippen LogP contribution in [-0.2, 0) is 0 Å². The molecule has 0 N–H and O–H groups in total. The first-order valence-corrected chi connectivity index (χ1v) is 6.78. The van der Waals surface area contributed by atoms with Gasteiger partial charge in [-0.3, -0.25) is 14.9 Å². The van der Waals surface area contributed by atoms with Crippen LogP contribution in [0.25, 0.3) is 0 Å². The first-order chi connectivity index (χ1) is 9.86. The molecule has 0 aliphatic heterocycles. The molecule has 0 unspecified atom stereocenters. The normalized spacial score (nSPS) is 10.2. The van der Waals surface area contributed by atoms with Crippen molar-refractivity contribution in [2.45, 2.75) is 27.2 Å². The molecule has 1 aromatic rings. The van der Waals surface area contributed by atoms with Gasteiger partial charge in [0.1, 0.15) is 5.69 Å². The Morgan fingerprint density at radius 2 is 2.14 bits per heavy atom. The van der Waals surface area contributed by atoms with Crippen LogP contribution in [0.3, 0.4) is 0 Å². The van der Waals surface area contributed by atoms with E-state index in [1.54, 1.807) is 12.1 Å². The van der Waals surface area contributed by atoms with E-state index in [-0.39, 0.29) is 11.5 Å². The molecule has 0 heterocycles. The first kappa shape index (κ1) is 16.6. The number of Topliss-reactive ketones (excluding diaryl/α,β-unsaturated/α-hetero) is 1. The van der Waals surface area contributed by atoms with Crippen LogP contribution in [0.5, 0.6) is 0 Å². The summed E-state index contributed by atoms with van der Waals surface area (Å²) in [6, 6.07) is 6.54. The zero-order chi connectivity index (χ0) is 16.0. The molecule has 0 aromatic heterocycles. The van der Waals surface area contributed by atoms with Crippen LogP contribution in [0.4, 0.5) is 11.4 Å². The highest BCUT2D eigenvalue weighted by atomic mass is 16.6. The molecule has 0 aliphatic carbocycles. The number of nitro benzene ring substituents is 1. The Bertz CT molecular complexity index is 576. The zero-order valence-corrected chi connectivity index (χ0v) is 12.5. The number of benzene rings is 1. The summed E-state index contributed by atoms with van der Waals surface area (Å²) >= 11 is 0. The molecule has 112 valence electrons. The highest BCUT2D eigenvalue weighted by Crippen LogP contribution is 2.30. The molecule has 0 radical (unpaired) electrons. The van der Waals surface area contributed by atoms with Gasteiger partial charge in [-0.2, -0.15) is 5.26 Å². The summed E-state index contributed by atoms with van der Waals surface area (Å²) in [6.45, 7) is 6.43. The fourth-order valence-electron chi connectivity index (χ4n) is 2.09. The molecule has 21 heavy (non-hydrogen) atoms. The van der Waals surface area contributed by atoms with Gasteiger partial charge in [0.25, 0.3) is 5.69 Å². The molecule has 6 heteroatoms. The van der Waals surface area contributed by atoms with E-state index in [0.29, 0.717) is 36.7 Å². The molecule has 6 nitrogen and oxygen atoms in total. The van der Waals surface area contributed by atoms with Crippen molar-refractivity contribution < 1.29 is 9.72 Å². The third kappa shape index (κ3) is 4.56. The monoisotopic (exact) mass is 289 g/mol. The molecule has 0 saturated heterocycles. The lowest BCUT2D eigenvalue weighted by Gasteiger charge is -2.25. The van der Waals surface area contributed by atoms with E-state index in [4.69, 9.17) is 5.26 Å². The quantitative estimate of drug-likeness (QED) is 0.437. The summed E-state index contributed by atoms with van der Waals surface area (Å²) in [5.41, 5.74) is 0.672. The van der Waals surface area contributed by atoms with E-state index >= 15 is 0 Å². The summed E-state index contributed by atoms with van der Waals surface area (Å²) in [7, 11) is 0. The molecule has 0 atom stereocenters. The zero-order valence-electron chi connectivity index (χ0n) is 12.5. The molecule has 0 spiro atoms. The van der Waals surface area contributed by atoms with Crippen molar-refractivity contribution in [3.63, 3.8) is 0 Å². The van der Waals surface area contributed by atoms with Crippen molar-refractivity contribution in [3.8, 4) is 6.07 Å². The number of ketones is 1. The highest BCUT2D eigenvalue weighted by Gasteiger charge is 2.21. The number of nitriles is 1. The van der Waals surface area contributed by atoms with Gasteiger partial charge in [0.15, 0.2) is 5.78 Å². The number of hydrogen-bond donors (Lipinski definition) is 0. The minimum atomic E-state index is -0.485. The largest absolute Gasteiger partial charge is 0.365 e. The Morgan fingerprint density at radius 3 is 2.62 bits per heavy atom. The van der Waals surface area contributed by atoms with Gasteiger partial charge >= 0.3 is 0 Å². The van der Waals surface area contributed by atoms with Gasteiger partial charge in [-0.05, 0) is 25.0 Å². The number of hydrogen-bond acceptors (Lipinski definition) is 5. The summed E-state index contributed by atoms with van der Waals surface area (Å²) in [5.74, 6) is 0.0906. The minimum Gasteiger partial charge on any atom is -0.365 e. The Hall–Kier alpha value is -2.42. The number of nitro groups is 1. The van der Waals surface area contributed by atoms with E-state index < -0.39 is 4.92 Å². The van der Waals surface area contributed by atoms with Crippen LogP contribution in [0.1, 0.15) is 37.6 Å². The predicted molar refractivity (Wildman–Crippen MR) is 80.4 cm³/mol. The highest BCUT2D eigenvalue weighted by molar-refractivity contribution is 5.95. The van der Waals surface area contributed by atoms with Gasteiger partial charge < -0.3 is 4.90 Å². The van der Waals surface area contributed by atoms with Crippen LogP contribution in [0, 0.1) is 27.4 Å². The average Bonchev–Trinajstić information content (AvgIpc) is 2.42. The van der Waals surface area contributed by atoms with Gasteiger partial charge in [-0.1, -0.05) is 13.8 Å². The lowest BCUT2D eigenvalue weighted by Crippen LogP contribution is -2.29. The number of carbonyl (C=O) groups excluding carboxylic acids is 1. The molecule has 0 bridgehead atoms. The number of rotatable bonds is 7. The van der Waals surface area contributed by atoms with Crippen molar-refractivity contribution in [1.82, 2.24) is 0 Å². The Balaban J connectivity index is 3.25. The molecule has 0 saturated carbocycles. The Kier molecular flexibility index (Phi) is 5.85. The lowest BCUT2D eigenvalue weighted by atomic mass is 10.1. The number of carbonyl (C=O) groups is 1. The van der Waals surface area contributed by atoms with Gasteiger partial charge in [0, 0.05) is 24.7 Å². The SMILES string of the molecule is CC(=O)c1ccc(N(CCC#N)CC(C)C)c([N+](=O)[O-])c1. The molecule has 1 aromatic carbocycles. The lowest BCUT2D eigenvalue weighted by molar-refractivity contribution is -0.384. The second-order valence-corrected chi connectivity index (χ2v) is 5.26. The van der Waals surface area contributed by atoms with Crippen LogP contribution < -0.4 is 4.90 Å². The van der Waals surface area contributed by atoms with Crippen LogP contribution >= 0.6 is 0 Å². The third-order valence-electron chi connectivity index (χ3n) is 3.00. The third-order valence-corrected chi connectivity index (χ3v) is 3.00. The molecule has 0 aliphatic rings. The predicted octanol–water partition coefficient (Wildman–Crippen LogP) is 3.17. The topological polar surface area (TPSA) is 87.2 Å². The standard InChI is InChI=1S/C15H19N3O3/c1-11(2)10-17(8-4-7-16)14-6-5-13(12(3)19)9-15(14)18(20)21/h5-6,9,11H,4,8,10H2,1-3H3. The molecular formula is C15H19N3O3. The van der Waals surface area contributed by atoms with Crippen molar-refractivity contribution in [2.75, 3.05) is 18.0 Å². The summed E-state index contributed by atoms with van der Waals surface area (Å²) in [5, 5.41) is 20.0. The van der Waals surface area contributed by atoms with Crippen molar-refractivity contribution in [2.24, 2.45) is 5.92 Å². The second-order valence-electron chi connectivity index (χ2n) is 5.26. The van der Waals surface area contributed by atoms with Crippen LogP contribution in [0.15, 0.2) is 18.2 Å². The van der Waals surface area contributed by atoms with Gasteiger partial charge in [-0.15, -0.1) is 0 Å². The molecular weight excluding hydrogens is 270 g/mol. The maximum Gasteiger partial charge on any atom is 0.293 e. The molecule has 0 amide bonds. The van der Waals surface area contributed by atoms with E-state index in [2.05, 4.69) is 6.07 Å². The minimum absolute atomic E-state index is 0.0960. The van der Waals surface area contributed by atoms with Crippen molar-refractivity contribution >= 4 is 17.2 Å². The molecule has 0 fully saturated rings. The van der Waals surface area contributed by atoms with E-state index in [9.17, 15) is 14.9 Å². The smallest absolute Gasteiger partial charge is 0.293 e. The summed E-state index contributed by atoms with van der Waals surface area (Å²) in [6.07, 6.45) is 0.290. The summed E-state index contributed by atoms with van der Waals surface area (Å²) in [4.78, 5) is 24.0. The van der Waals surface area contributed by atoms with E-state index in [0.717, 1.165) is 0 Å². The van der Waals surface area contributed by atoms with Crippen molar-refractivity contribution in [1.29, 1.82) is 5.26 Å². The Morgan fingerprint density at radius 1 is 1.48 bits per heavy atom. The fraction of sp³-hybridized carbons (Fsp3) is 0.467. The first-order valence-electron chi connectivity index (χ1n) is 6.78.